The van der Waals surface area contributed by atoms with E-state index in [-0.39, 0.29) is 23.5 Å². The number of carbonyl (C=O) groups is 1. The minimum absolute atomic E-state index is 0.0666. The topological polar surface area (TPSA) is 74.2 Å². The number of rotatable bonds is 5. The molecule has 2 aromatic rings. The molecule has 0 amide bonds. The van der Waals surface area contributed by atoms with Crippen LogP contribution in [0.25, 0.3) is 6.08 Å². The molecule has 1 atom stereocenters. The van der Waals surface area contributed by atoms with Gasteiger partial charge in [0.25, 0.3) is 0 Å². The van der Waals surface area contributed by atoms with E-state index >= 15 is 0 Å². The molecule has 0 saturated carbocycles. The molecule has 1 N–H and O–H groups in total. The van der Waals surface area contributed by atoms with E-state index in [2.05, 4.69) is 0 Å². The third-order valence-electron chi connectivity index (χ3n) is 5.93. The summed E-state index contributed by atoms with van der Waals surface area (Å²) in [6.45, 7) is 7.89. The zero-order valence-corrected chi connectivity index (χ0v) is 19.9. The first-order chi connectivity index (χ1) is 15.6. The van der Waals surface area contributed by atoms with Gasteiger partial charge in [-0.2, -0.15) is 0 Å². The highest BCUT2D eigenvalue weighted by molar-refractivity contribution is 6.05. The van der Waals surface area contributed by atoms with E-state index in [9.17, 15) is 9.90 Å². The Morgan fingerprint density at radius 2 is 1.91 bits per heavy atom. The van der Waals surface area contributed by atoms with Crippen LogP contribution in [-0.4, -0.2) is 30.7 Å². The molecule has 0 bridgehead atoms. The van der Waals surface area contributed by atoms with Gasteiger partial charge in [-0.25, -0.2) is 0 Å². The Bertz CT molecular complexity index is 1170. The van der Waals surface area contributed by atoms with Crippen molar-refractivity contribution in [3.63, 3.8) is 0 Å². The van der Waals surface area contributed by atoms with Crippen LogP contribution in [0, 0.1) is 0 Å². The molecule has 6 heteroatoms. The van der Waals surface area contributed by atoms with Crippen LogP contribution in [-0.2, 0) is 6.42 Å². The van der Waals surface area contributed by atoms with Crippen LogP contribution in [0.2, 0.25) is 0 Å². The molecular formula is C27H30O6. The van der Waals surface area contributed by atoms with Gasteiger partial charge in [0.2, 0.25) is 0 Å². The van der Waals surface area contributed by atoms with Gasteiger partial charge in [0.1, 0.15) is 34.5 Å². The number of ether oxygens (including phenoxy) is 4. The summed E-state index contributed by atoms with van der Waals surface area (Å²) in [6.07, 6.45) is 5.91. The van der Waals surface area contributed by atoms with Crippen LogP contribution in [0.1, 0.15) is 67.3 Å². The summed E-state index contributed by atoms with van der Waals surface area (Å²) in [4.78, 5) is 13.3. The van der Waals surface area contributed by atoms with Crippen LogP contribution >= 0.6 is 0 Å². The van der Waals surface area contributed by atoms with Crippen molar-refractivity contribution in [1.29, 1.82) is 0 Å². The second-order valence-electron chi connectivity index (χ2n) is 9.15. The van der Waals surface area contributed by atoms with Crippen LogP contribution in [0.3, 0.4) is 0 Å². The fourth-order valence-electron chi connectivity index (χ4n) is 4.19. The van der Waals surface area contributed by atoms with Crippen molar-refractivity contribution in [2.75, 3.05) is 14.2 Å². The summed E-state index contributed by atoms with van der Waals surface area (Å²) < 4.78 is 23.4. The van der Waals surface area contributed by atoms with E-state index in [1.807, 2.05) is 58.1 Å². The van der Waals surface area contributed by atoms with Crippen molar-refractivity contribution in [1.82, 2.24) is 0 Å². The van der Waals surface area contributed by atoms with Gasteiger partial charge in [-0.3, -0.25) is 4.79 Å². The molecule has 4 rings (SSSR count). The maximum absolute atomic E-state index is 13.3. The third kappa shape index (κ3) is 4.17. The number of benzene rings is 2. The molecule has 2 heterocycles. The Balaban J connectivity index is 1.85. The highest BCUT2D eigenvalue weighted by Gasteiger charge is 2.38. The predicted octanol–water partition coefficient (Wildman–Crippen LogP) is 5.81. The first-order valence-corrected chi connectivity index (χ1v) is 11.0. The molecule has 2 aliphatic heterocycles. The predicted molar refractivity (Wildman–Crippen MR) is 127 cm³/mol. The van der Waals surface area contributed by atoms with Crippen molar-refractivity contribution in [3.05, 3.63) is 58.2 Å². The van der Waals surface area contributed by atoms with Crippen LogP contribution in [0.4, 0.5) is 0 Å². The van der Waals surface area contributed by atoms with Gasteiger partial charge < -0.3 is 24.1 Å². The molecule has 0 fully saturated rings. The second-order valence-corrected chi connectivity index (χ2v) is 9.15. The number of hydrogen-bond donors (Lipinski definition) is 1. The zero-order chi connectivity index (χ0) is 23.9. The minimum Gasteiger partial charge on any atom is -0.507 e. The summed E-state index contributed by atoms with van der Waals surface area (Å²) in [5.74, 6) is 1.82. The number of fused-ring (bicyclic) bond motifs is 3. The number of methoxy groups -OCH3 is 2. The van der Waals surface area contributed by atoms with Crippen molar-refractivity contribution in [2.24, 2.45) is 0 Å². The fraction of sp³-hybridized carbons (Fsp3) is 0.370. The largest absolute Gasteiger partial charge is 0.507 e. The normalized spacial score (nSPS) is 17.9. The second kappa shape index (κ2) is 8.50. The Morgan fingerprint density at radius 3 is 2.58 bits per heavy atom. The molecule has 6 nitrogen and oxygen atoms in total. The number of hydrogen-bond acceptors (Lipinski definition) is 6. The summed E-state index contributed by atoms with van der Waals surface area (Å²) >= 11 is 0. The number of allylic oxidation sites excluding steroid dienone is 2. The molecule has 2 aliphatic rings. The molecule has 33 heavy (non-hydrogen) atoms. The van der Waals surface area contributed by atoms with Gasteiger partial charge in [-0.15, -0.1) is 0 Å². The fourth-order valence-corrected chi connectivity index (χ4v) is 4.19. The number of phenolic OH excluding ortho intramolecular Hbond substituents is 1. The van der Waals surface area contributed by atoms with E-state index in [4.69, 9.17) is 18.9 Å². The lowest BCUT2D eigenvalue weighted by Gasteiger charge is -2.34. The highest BCUT2D eigenvalue weighted by atomic mass is 16.5. The van der Waals surface area contributed by atoms with Gasteiger partial charge in [0, 0.05) is 5.56 Å². The van der Waals surface area contributed by atoms with Gasteiger partial charge in [-0.05, 0) is 64.0 Å². The molecule has 0 aliphatic carbocycles. The van der Waals surface area contributed by atoms with Crippen LogP contribution < -0.4 is 18.9 Å². The molecular weight excluding hydrogens is 420 g/mol. The number of aromatic hydroxyl groups is 1. The van der Waals surface area contributed by atoms with Gasteiger partial charge >= 0.3 is 0 Å². The summed E-state index contributed by atoms with van der Waals surface area (Å²) in [6, 6.07) is 5.46. The first kappa shape index (κ1) is 22.8. The number of phenols is 1. The molecule has 0 saturated heterocycles. The lowest BCUT2D eigenvalue weighted by molar-refractivity contribution is 0.0840. The lowest BCUT2D eigenvalue weighted by Crippen LogP contribution is -2.30. The molecule has 0 radical (unpaired) electrons. The van der Waals surface area contributed by atoms with E-state index in [0.29, 0.717) is 40.5 Å². The standard InChI is InChI=1S/C27H30O6/c1-15(2)7-9-17-24(29)23-19(28)14-21(16-8-10-20(30-5)22(13-16)31-6)32-26(23)18-11-12-27(3,4)33-25(17)18/h7-8,10-13,21,29H,9,14H2,1-6H3. The van der Waals surface area contributed by atoms with Gasteiger partial charge in [-0.1, -0.05) is 17.7 Å². The molecule has 174 valence electrons. The third-order valence-corrected chi connectivity index (χ3v) is 5.93. The number of Topliss-reactive ketones (excluding diaryl/α,β-unsaturated/α-hetero) is 1. The van der Waals surface area contributed by atoms with Crippen LogP contribution in [0.15, 0.2) is 35.9 Å². The lowest BCUT2D eigenvalue weighted by atomic mass is 9.88. The van der Waals surface area contributed by atoms with Crippen molar-refractivity contribution < 1.29 is 28.8 Å². The summed E-state index contributed by atoms with van der Waals surface area (Å²) in [5.41, 5.74) is 2.85. The van der Waals surface area contributed by atoms with Gasteiger partial charge in [0.15, 0.2) is 17.3 Å². The van der Waals surface area contributed by atoms with E-state index in [0.717, 1.165) is 11.1 Å². The smallest absolute Gasteiger partial charge is 0.174 e. The summed E-state index contributed by atoms with van der Waals surface area (Å²) in [5, 5.41) is 11.2. The molecule has 2 aromatic carbocycles. The van der Waals surface area contributed by atoms with Crippen molar-refractivity contribution in [3.8, 4) is 28.7 Å². The average molecular weight is 451 g/mol. The highest BCUT2D eigenvalue weighted by Crippen LogP contribution is 2.51. The Hall–Kier alpha value is -3.41. The van der Waals surface area contributed by atoms with Gasteiger partial charge in [0.05, 0.1) is 26.2 Å². The molecule has 1 unspecified atom stereocenters. The van der Waals surface area contributed by atoms with E-state index in [1.165, 1.54) is 0 Å². The Morgan fingerprint density at radius 1 is 1.18 bits per heavy atom. The van der Waals surface area contributed by atoms with Crippen molar-refractivity contribution in [2.45, 2.75) is 52.2 Å². The van der Waals surface area contributed by atoms with E-state index in [1.54, 1.807) is 20.3 Å². The monoisotopic (exact) mass is 450 g/mol. The Kier molecular flexibility index (Phi) is 5.87. The van der Waals surface area contributed by atoms with E-state index < -0.39 is 11.7 Å². The van der Waals surface area contributed by atoms with Crippen LogP contribution in [0.5, 0.6) is 28.7 Å². The zero-order valence-electron chi connectivity index (χ0n) is 19.9. The first-order valence-electron chi connectivity index (χ1n) is 11.0. The Labute approximate surface area is 194 Å². The number of ketones is 1. The SMILES string of the molecule is COc1ccc(C2CC(=O)c3c(O)c(CC=C(C)C)c4c(c3O2)C=CC(C)(C)O4)cc1OC. The molecule has 0 aromatic heterocycles. The molecule has 0 spiro atoms. The summed E-state index contributed by atoms with van der Waals surface area (Å²) in [7, 11) is 3.14. The average Bonchev–Trinajstić information content (AvgIpc) is 2.77. The minimum atomic E-state index is -0.547. The number of carbonyl (C=O) groups excluding carboxylic acids is 1. The quantitative estimate of drug-likeness (QED) is 0.580. The van der Waals surface area contributed by atoms with Crippen molar-refractivity contribution >= 4 is 11.9 Å². The maximum Gasteiger partial charge on any atom is 0.174 e. The maximum atomic E-state index is 13.3.